The highest BCUT2D eigenvalue weighted by molar-refractivity contribution is 5.89. The monoisotopic (exact) mass is 268 g/mol. The zero-order valence-corrected chi connectivity index (χ0v) is 10.4. The van der Waals surface area contributed by atoms with Crippen molar-refractivity contribution >= 4 is 17.7 Å². The van der Waals surface area contributed by atoms with Crippen LogP contribution in [-0.4, -0.2) is 42.0 Å². The molecule has 0 saturated heterocycles. The van der Waals surface area contributed by atoms with Crippen molar-refractivity contribution in [2.45, 2.75) is 12.7 Å². The minimum atomic E-state index is -1.62. The Hall–Kier alpha value is -2.12. The number of carboxylic acids is 1. The maximum absolute atomic E-state index is 11.5. The van der Waals surface area contributed by atoms with Crippen molar-refractivity contribution in [3.05, 3.63) is 29.8 Å². The Morgan fingerprint density at radius 3 is 2.79 bits per heavy atom. The van der Waals surface area contributed by atoms with E-state index in [0.717, 1.165) is 5.56 Å². The van der Waals surface area contributed by atoms with Gasteiger partial charge < -0.3 is 25.6 Å². The minimum Gasteiger partial charge on any atom is -0.479 e. The fraction of sp³-hybridized carbons (Fsp3) is 0.333. The zero-order valence-electron chi connectivity index (χ0n) is 10.4. The van der Waals surface area contributed by atoms with Crippen LogP contribution in [0.2, 0.25) is 0 Å². The largest absolute Gasteiger partial charge is 0.479 e. The molecule has 7 heteroatoms. The molecule has 7 nitrogen and oxygen atoms in total. The number of aliphatic carboxylic acids is 1. The van der Waals surface area contributed by atoms with Crippen LogP contribution in [0.5, 0.6) is 0 Å². The molecule has 1 rings (SSSR count). The molecule has 1 atom stereocenters. The van der Waals surface area contributed by atoms with Gasteiger partial charge in [-0.15, -0.1) is 0 Å². The van der Waals surface area contributed by atoms with Crippen molar-refractivity contribution in [2.75, 3.05) is 19.0 Å². The summed E-state index contributed by atoms with van der Waals surface area (Å²) in [6, 6.07) is 6.44. The van der Waals surface area contributed by atoms with Gasteiger partial charge in [0.15, 0.2) is 6.10 Å². The lowest BCUT2D eigenvalue weighted by Crippen LogP contribution is -2.38. The van der Waals surface area contributed by atoms with Gasteiger partial charge in [-0.05, 0) is 17.7 Å². The normalized spacial score (nSPS) is 11.7. The molecule has 104 valence electrons. The number of hydrogen-bond acceptors (Lipinski definition) is 4. The van der Waals surface area contributed by atoms with Crippen molar-refractivity contribution < 1.29 is 24.5 Å². The first-order valence-corrected chi connectivity index (χ1v) is 5.56. The predicted molar refractivity (Wildman–Crippen MR) is 67.8 cm³/mol. The van der Waals surface area contributed by atoms with Crippen LogP contribution in [0.1, 0.15) is 5.56 Å². The SMILES string of the molecule is COCc1cccc(NC(=O)NC[C@H](O)C(=O)O)c1. The van der Waals surface area contributed by atoms with Crippen LogP contribution in [0.3, 0.4) is 0 Å². The third kappa shape index (κ3) is 5.36. The Morgan fingerprint density at radius 1 is 1.42 bits per heavy atom. The third-order valence-corrected chi connectivity index (χ3v) is 2.24. The maximum Gasteiger partial charge on any atom is 0.334 e. The van der Waals surface area contributed by atoms with E-state index in [-0.39, 0.29) is 6.54 Å². The Labute approximate surface area is 110 Å². The number of aliphatic hydroxyl groups excluding tert-OH is 1. The molecule has 2 amide bonds. The van der Waals surface area contributed by atoms with Gasteiger partial charge in [-0.1, -0.05) is 12.1 Å². The zero-order chi connectivity index (χ0) is 14.3. The fourth-order valence-electron chi connectivity index (χ4n) is 1.36. The topological polar surface area (TPSA) is 108 Å². The van der Waals surface area contributed by atoms with E-state index in [1.54, 1.807) is 25.3 Å². The highest BCUT2D eigenvalue weighted by atomic mass is 16.5. The molecule has 1 aromatic carbocycles. The highest BCUT2D eigenvalue weighted by Gasteiger charge is 2.13. The first-order chi connectivity index (χ1) is 9.02. The standard InChI is InChI=1S/C12H16N2O5/c1-19-7-8-3-2-4-9(5-8)14-12(18)13-6-10(15)11(16)17/h2-5,10,15H,6-7H2,1H3,(H,16,17)(H2,13,14,18)/t10-/m0/s1. The van der Waals surface area contributed by atoms with Crippen molar-refractivity contribution in [3.8, 4) is 0 Å². The average Bonchev–Trinajstić information content (AvgIpc) is 2.36. The summed E-state index contributed by atoms with van der Waals surface area (Å²) >= 11 is 0. The summed E-state index contributed by atoms with van der Waals surface area (Å²) in [7, 11) is 1.57. The summed E-state index contributed by atoms with van der Waals surface area (Å²) in [5.74, 6) is -1.39. The molecule has 0 radical (unpaired) electrons. The summed E-state index contributed by atoms with van der Waals surface area (Å²) in [5.41, 5.74) is 1.45. The average molecular weight is 268 g/mol. The molecule has 0 spiro atoms. The number of rotatable bonds is 6. The van der Waals surface area contributed by atoms with Crippen LogP contribution < -0.4 is 10.6 Å². The van der Waals surface area contributed by atoms with Crippen LogP contribution in [-0.2, 0) is 16.1 Å². The van der Waals surface area contributed by atoms with Gasteiger partial charge in [0.2, 0.25) is 0 Å². The first-order valence-electron chi connectivity index (χ1n) is 5.56. The quantitative estimate of drug-likeness (QED) is 0.597. The van der Waals surface area contributed by atoms with E-state index in [1.165, 1.54) is 0 Å². The van der Waals surface area contributed by atoms with Gasteiger partial charge in [-0.2, -0.15) is 0 Å². The second-order valence-electron chi connectivity index (χ2n) is 3.82. The molecule has 0 bridgehead atoms. The second-order valence-corrected chi connectivity index (χ2v) is 3.82. The van der Waals surface area contributed by atoms with E-state index in [0.29, 0.717) is 12.3 Å². The van der Waals surface area contributed by atoms with E-state index >= 15 is 0 Å². The number of benzene rings is 1. The molecule has 1 aromatic rings. The number of carbonyl (C=O) groups is 2. The molecule has 0 aliphatic carbocycles. The maximum atomic E-state index is 11.5. The predicted octanol–water partition coefficient (Wildman–Crippen LogP) is 0.400. The van der Waals surface area contributed by atoms with Crippen molar-refractivity contribution in [2.24, 2.45) is 0 Å². The number of nitrogens with one attached hydrogen (secondary N) is 2. The molecule has 0 aromatic heterocycles. The van der Waals surface area contributed by atoms with E-state index in [1.807, 2.05) is 6.07 Å². The van der Waals surface area contributed by atoms with Gasteiger partial charge in [-0.25, -0.2) is 9.59 Å². The highest BCUT2D eigenvalue weighted by Crippen LogP contribution is 2.11. The van der Waals surface area contributed by atoms with Crippen LogP contribution in [0.25, 0.3) is 0 Å². The lowest BCUT2D eigenvalue weighted by atomic mass is 10.2. The van der Waals surface area contributed by atoms with Gasteiger partial charge >= 0.3 is 12.0 Å². The molecule has 0 unspecified atom stereocenters. The van der Waals surface area contributed by atoms with Gasteiger partial charge in [0.05, 0.1) is 13.2 Å². The molecule has 0 aliphatic rings. The summed E-state index contributed by atoms with van der Waals surface area (Å²) < 4.78 is 4.97. The summed E-state index contributed by atoms with van der Waals surface area (Å²) in [6.07, 6.45) is -1.62. The molecular formula is C12H16N2O5. The van der Waals surface area contributed by atoms with Crippen LogP contribution in [0, 0.1) is 0 Å². The van der Waals surface area contributed by atoms with E-state index in [2.05, 4.69) is 10.6 Å². The van der Waals surface area contributed by atoms with Gasteiger partial charge in [0, 0.05) is 12.8 Å². The number of amides is 2. The number of methoxy groups -OCH3 is 1. The number of urea groups is 1. The van der Waals surface area contributed by atoms with Gasteiger partial charge in [-0.3, -0.25) is 0 Å². The Balaban J connectivity index is 2.48. The van der Waals surface area contributed by atoms with E-state index < -0.39 is 18.1 Å². The molecule has 4 N–H and O–H groups in total. The van der Waals surface area contributed by atoms with Crippen molar-refractivity contribution in [1.82, 2.24) is 5.32 Å². The fourth-order valence-corrected chi connectivity index (χ4v) is 1.36. The van der Waals surface area contributed by atoms with Crippen LogP contribution >= 0.6 is 0 Å². The molecule has 0 heterocycles. The minimum absolute atomic E-state index is 0.362. The summed E-state index contributed by atoms with van der Waals surface area (Å²) in [5, 5.41) is 22.2. The number of hydrogen-bond donors (Lipinski definition) is 4. The number of ether oxygens (including phenoxy) is 1. The number of aliphatic hydroxyl groups is 1. The first kappa shape index (κ1) is 14.9. The molecule has 0 saturated carbocycles. The van der Waals surface area contributed by atoms with Crippen molar-refractivity contribution in [3.63, 3.8) is 0 Å². The Morgan fingerprint density at radius 2 is 2.16 bits per heavy atom. The van der Waals surface area contributed by atoms with Crippen LogP contribution in [0.4, 0.5) is 10.5 Å². The number of carboxylic acid groups (broad SMARTS) is 1. The van der Waals surface area contributed by atoms with Gasteiger partial charge in [0.25, 0.3) is 0 Å². The smallest absolute Gasteiger partial charge is 0.334 e. The van der Waals surface area contributed by atoms with Gasteiger partial charge in [0.1, 0.15) is 0 Å². The third-order valence-electron chi connectivity index (χ3n) is 2.24. The summed E-state index contributed by atoms with van der Waals surface area (Å²) in [6.45, 7) is 0.0633. The summed E-state index contributed by atoms with van der Waals surface area (Å²) in [4.78, 5) is 21.8. The van der Waals surface area contributed by atoms with E-state index in [9.17, 15) is 9.59 Å². The molecular weight excluding hydrogens is 252 g/mol. The number of carbonyl (C=O) groups excluding carboxylic acids is 1. The van der Waals surface area contributed by atoms with Crippen molar-refractivity contribution in [1.29, 1.82) is 0 Å². The van der Waals surface area contributed by atoms with Crippen LogP contribution in [0.15, 0.2) is 24.3 Å². The lowest BCUT2D eigenvalue weighted by Gasteiger charge is -2.10. The lowest BCUT2D eigenvalue weighted by molar-refractivity contribution is -0.146. The molecule has 19 heavy (non-hydrogen) atoms. The second kappa shape index (κ2) is 7.34. The number of anilines is 1. The Kier molecular flexibility index (Phi) is 5.77. The molecule has 0 aliphatic heterocycles. The molecule has 0 fully saturated rings. The Bertz CT molecular complexity index is 450. The van der Waals surface area contributed by atoms with E-state index in [4.69, 9.17) is 14.9 Å².